The molecule has 0 fully saturated rings. The molecule has 0 aromatic rings. The first kappa shape index (κ1) is 14.9. The minimum atomic E-state index is -0.879. The van der Waals surface area contributed by atoms with Gasteiger partial charge in [-0.1, -0.05) is 6.92 Å². The SMILES string of the molecule is CC(CCN)CCC(=O)N(C)CCC(=O)O. The molecule has 3 N–H and O–H groups in total. The van der Waals surface area contributed by atoms with E-state index in [2.05, 4.69) is 6.92 Å². The van der Waals surface area contributed by atoms with Gasteiger partial charge in [0.05, 0.1) is 6.42 Å². The fourth-order valence-corrected chi connectivity index (χ4v) is 1.38. The number of rotatable bonds is 8. The lowest BCUT2D eigenvalue weighted by atomic mass is 10.0. The second kappa shape index (κ2) is 8.10. The fraction of sp³-hybridized carbons (Fsp3) is 0.818. The molecule has 0 bridgehead atoms. The fourth-order valence-electron chi connectivity index (χ4n) is 1.38. The van der Waals surface area contributed by atoms with Crippen molar-refractivity contribution in [2.45, 2.75) is 32.6 Å². The summed E-state index contributed by atoms with van der Waals surface area (Å²) in [5.41, 5.74) is 5.42. The molecule has 0 spiro atoms. The van der Waals surface area contributed by atoms with E-state index in [0.717, 1.165) is 12.8 Å². The molecule has 0 saturated heterocycles. The Balaban J connectivity index is 3.74. The molecule has 1 amide bonds. The van der Waals surface area contributed by atoms with Gasteiger partial charge in [-0.15, -0.1) is 0 Å². The molecule has 0 aliphatic carbocycles. The lowest BCUT2D eigenvalue weighted by molar-refractivity contribution is -0.138. The molecule has 0 radical (unpaired) electrons. The molecule has 5 nitrogen and oxygen atoms in total. The highest BCUT2D eigenvalue weighted by Crippen LogP contribution is 2.10. The molecule has 0 aliphatic rings. The van der Waals surface area contributed by atoms with Crippen molar-refractivity contribution in [3.8, 4) is 0 Å². The Morgan fingerprint density at radius 1 is 1.31 bits per heavy atom. The second-order valence-electron chi connectivity index (χ2n) is 4.18. The van der Waals surface area contributed by atoms with Gasteiger partial charge in [0.1, 0.15) is 0 Å². The van der Waals surface area contributed by atoms with E-state index in [9.17, 15) is 9.59 Å². The third-order valence-corrected chi connectivity index (χ3v) is 2.60. The smallest absolute Gasteiger partial charge is 0.305 e. The lowest BCUT2D eigenvalue weighted by Gasteiger charge is -2.17. The van der Waals surface area contributed by atoms with Crippen molar-refractivity contribution >= 4 is 11.9 Å². The Labute approximate surface area is 96.6 Å². The van der Waals surface area contributed by atoms with Crippen molar-refractivity contribution in [3.63, 3.8) is 0 Å². The highest BCUT2D eigenvalue weighted by Gasteiger charge is 2.11. The van der Waals surface area contributed by atoms with Gasteiger partial charge in [0, 0.05) is 20.0 Å². The minimum Gasteiger partial charge on any atom is -0.481 e. The van der Waals surface area contributed by atoms with Crippen molar-refractivity contribution in [2.24, 2.45) is 11.7 Å². The van der Waals surface area contributed by atoms with Gasteiger partial charge in [-0.25, -0.2) is 0 Å². The van der Waals surface area contributed by atoms with Gasteiger partial charge in [0.25, 0.3) is 0 Å². The van der Waals surface area contributed by atoms with Crippen LogP contribution in [0.3, 0.4) is 0 Å². The first-order valence-electron chi connectivity index (χ1n) is 5.63. The van der Waals surface area contributed by atoms with Crippen molar-refractivity contribution in [3.05, 3.63) is 0 Å². The zero-order chi connectivity index (χ0) is 12.6. The number of carboxylic acids is 1. The molecule has 0 aromatic heterocycles. The number of nitrogens with zero attached hydrogens (tertiary/aromatic N) is 1. The first-order valence-corrected chi connectivity index (χ1v) is 5.63. The summed E-state index contributed by atoms with van der Waals surface area (Å²) in [5.74, 6) is -0.428. The van der Waals surface area contributed by atoms with Crippen molar-refractivity contribution in [1.29, 1.82) is 0 Å². The van der Waals surface area contributed by atoms with Crippen molar-refractivity contribution in [1.82, 2.24) is 4.90 Å². The average Bonchev–Trinajstić information content (AvgIpc) is 2.22. The Hall–Kier alpha value is -1.10. The third kappa shape index (κ3) is 7.23. The summed E-state index contributed by atoms with van der Waals surface area (Å²) < 4.78 is 0. The standard InChI is InChI=1S/C11H22N2O3/c1-9(5-7-12)3-4-10(14)13(2)8-6-11(15)16/h9H,3-8,12H2,1-2H3,(H,15,16). The van der Waals surface area contributed by atoms with Crippen LogP contribution in [0.15, 0.2) is 0 Å². The van der Waals surface area contributed by atoms with E-state index < -0.39 is 5.97 Å². The molecule has 0 rings (SSSR count). The van der Waals surface area contributed by atoms with Crippen LogP contribution in [0.1, 0.15) is 32.6 Å². The average molecular weight is 230 g/mol. The van der Waals surface area contributed by atoms with E-state index >= 15 is 0 Å². The van der Waals surface area contributed by atoms with Crippen molar-refractivity contribution in [2.75, 3.05) is 20.1 Å². The zero-order valence-corrected chi connectivity index (χ0v) is 10.1. The maximum atomic E-state index is 11.6. The molecule has 0 saturated carbocycles. The topological polar surface area (TPSA) is 83.6 Å². The van der Waals surface area contributed by atoms with Crippen LogP contribution in [0.4, 0.5) is 0 Å². The summed E-state index contributed by atoms with van der Waals surface area (Å²) in [6.45, 7) is 2.99. The Morgan fingerprint density at radius 3 is 2.44 bits per heavy atom. The molecular formula is C11H22N2O3. The predicted molar refractivity (Wildman–Crippen MR) is 62.0 cm³/mol. The van der Waals surface area contributed by atoms with Crippen LogP contribution in [0.5, 0.6) is 0 Å². The number of carbonyl (C=O) groups excluding carboxylic acids is 1. The summed E-state index contributed by atoms with van der Waals surface area (Å²) in [4.78, 5) is 23.4. The number of hydrogen-bond donors (Lipinski definition) is 2. The highest BCUT2D eigenvalue weighted by molar-refractivity contribution is 5.76. The van der Waals surface area contributed by atoms with E-state index in [4.69, 9.17) is 10.8 Å². The molecule has 5 heteroatoms. The molecule has 0 heterocycles. The van der Waals surface area contributed by atoms with E-state index in [1.54, 1.807) is 7.05 Å². The predicted octanol–water partition coefficient (Wildman–Crippen LogP) is 0.685. The maximum Gasteiger partial charge on any atom is 0.305 e. The van der Waals surface area contributed by atoms with Crippen LogP contribution in [0.2, 0.25) is 0 Å². The summed E-state index contributed by atoms with van der Waals surface area (Å²) >= 11 is 0. The van der Waals surface area contributed by atoms with Crippen LogP contribution in [-0.2, 0) is 9.59 Å². The van der Waals surface area contributed by atoms with Gasteiger partial charge in [-0.05, 0) is 25.3 Å². The van der Waals surface area contributed by atoms with Crippen LogP contribution in [0.25, 0.3) is 0 Å². The number of amides is 1. The molecule has 94 valence electrons. The van der Waals surface area contributed by atoms with E-state index in [1.165, 1.54) is 4.90 Å². The third-order valence-electron chi connectivity index (χ3n) is 2.60. The van der Waals surface area contributed by atoms with Gasteiger partial charge in [0.15, 0.2) is 0 Å². The monoisotopic (exact) mass is 230 g/mol. The Bertz CT molecular complexity index is 231. The van der Waals surface area contributed by atoms with Gasteiger partial charge < -0.3 is 15.7 Å². The van der Waals surface area contributed by atoms with Crippen LogP contribution >= 0.6 is 0 Å². The lowest BCUT2D eigenvalue weighted by Crippen LogP contribution is -2.29. The second-order valence-corrected chi connectivity index (χ2v) is 4.18. The summed E-state index contributed by atoms with van der Waals surface area (Å²) in [7, 11) is 1.64. The quantitative estimate of drug-likeness (QED) is 0.642. The summed E-state index contributed by atoms with van der Waals surface area (Å²) in [6.07, 6.45) is 2.21. The zero-order valence-electron chi connectivity index (χ0n) is 10.1. The summed E-state index contributed by atoms with van der Waals surface area (Å²) in [5, 5.41) is 8.48. The van der Waals surface area contributed by atoms with E-state index in [-0.39, 0.29) is 18.9 Å². The van der Waals surface area contributed by atoms with E-state index in [1.807, 2.05) is 0 Å². The number of aliphatic carboxylic acids is 1. The molecule has 0 aromatic carbocycles. The van der Waals surface area contributed by atoms with E-state index in [0.29, 0.717) is 18.9 Å². The largest absolute Gasteiger partial charge is 0.481 e. The van der Waals surface area contributed by atoms with Crippen molar-refractivity contribution < 1.29 is 14.7 Å². The number of carboxylic acid groups (broad SMARTS) is 1. The van der Waals surface area contributed by atoms with Crippen LogP contribution in [0, 0.1) is 5.92 Å². The van der Waals surface area contributed by atoms with Crippen LogP contribution in [-0.4, -0.2) is 42.0 Å². The summed E-state index contributed by atoms with van der Waals surface area (Å²) in [6, 6.07) is 0. The maximum absolute atomic E-state index is 11.6. The first-order chi connectivity index (χ1) is 7.47. The highest BCUT2D eigenvalue weighted by atomic mass is 16.4. The van der Waals surface area contributed by atoms with Gasteiger partial charge >= 0.3 is 5.97 Å². The van der Waals surface area contributed by atoms with Gasteiger partial charge in [-0.2, -0.15) is 0 Å². The number of nitrogens with two attached hydrogens (primary N) is 1. The molecule has 16 heavy (non-hydrogen) atoms. The number of carbonyl (C=O) groups is 2. The Morgan fingerprint density at radius 2 is 1.94 bits per heavy atom. The number of hydrogen-bond acceptors (Lipinski definition) is 3. The molecular weight excluding hydrogens is 208 g/mol. The molecule has 1 atom stereocenters. The van der Waals surface area contributed by atoms with Crippen LogP contribution < -0.4 is 5.73 Å². The van der Waals surface area contributed by atoms with Gasteiger partial charge in [-0.3, -0.25) is 9.59 Å². The molecule has 0 aliphatic heterocycles. The Kier molecular flexibility index (Phi) is 7.54. The molecule has 1 unspecified atom stereocenters. The van der Waals surface area contributed by atoms with Gasteiger partial charge in [0.2, 0.25) is 5.91 Å². The normalized spacial score (nSPS) is 12.2. The minimum absolute atomic E-state index is 0.000589.